The average Bonchev–Trinajstić information content (AvgIpc) is 2.40. The fraction of sp³-hybridized carbons (Fsp3) is 0.0769. The van der Waals surface area contributed by atoms with Gasteiger partial charge >= 0.3 is 0 Å². The zero-order chi connectivity index (χ0) is 13.9. The molecule has 0 amide bonds. The van der Waals surface area contributed by atoms with Crippen molar-refractivity contribution in [3.05, 3.63) is 53.9 Å². The fourth-order valence-electron chi connectivity index (χ4n) is 1.67. The second-order valence-electron chi connectivity index (χ2n) is 3.90. The van der Waals surface area contributed by atoms with E-state index in [1.807, 2.05) is 0 Å². The topological polar surface area (TPSA) is 79.6 Å². The zero-order valence-corrected chi connectivity index (χ0v) is 11.0. The summed E-state index contributed by atoms with van der Waals surface area (Å²) >= 11 is 0. The van der Waals surface area contributed by atoms with Crippen molar-refractivity contribution in [2.75, 3.05) is 0 Å². The number of aromatic nitrogens is 1. The SMILES string of the molecule is Cc1ccc(S(=O)(=O)c2ccccc2)c(C=NO)n1. The number of hydrogen-bond acceptors (Lipinski definition) is 5. The Morgan fingerprint density at radius 2 is 1.84 bits per heavy atom. The van der Waals surface area contributed by atoms with E-state index in [0.29, 0.717) is 5.69 Å². The Kier molecular flexibility index (Phi) is 3.62. The van der Waals surface area contributed by atoms with Crippen LogP contribution in [0.25, 0.3) is 0 Å². The van der Waals surface area contributed by atoms with Gasteiger partial charge in [-0.15, -0.1) is 0 Å². The highest BCUT2D eigenvalue weighted by Gasteiger charge is 2.21. The van der Waals surface area contributed by atoms with E-state index >= 15 is 0 Å². The van der Waals surface area contributed by atoms with E-state index in [4.69, 9.17) is 5.21 Å². The molecule has 5 nitrogen and oxygen atoms in total. The Morgan fingerprint density at radius 1 is 1.16 bits per heavy atom. The lowest BCUT2D eigenvalue weighted by molar-refractivity contribution is 0.321. The molecule has 1 N–H and O–H groups in total. The van der Waals surface area contributed by atoms with Gasteiger partial charge in [0.1, 0.15) is 5.69 Å². The van der Waals surface area contributed by atoms with Crippen molar-refractivity contribution in [1.29, 1.82) is 0 Å². The molecule has 98 valence electrons. The molecule has 0 bridgehead atoms. The lowest BCUT2D eigenvalue weighted by atomic mass is 10.3. The van der Waals surface area contributed by atoms with Crippen LogP contribution in [0.1, 0.15) is 11.4 Å². The normalized spacial score (nSPS) is 11.8. The molecular formula is C13H12N2O3S. The van der Waals surface area contributed by atoms with Gasteiger partial charge in [-0.2, -0.15) is 0 Å². The lowest BCUT2D eigenvalue weighted by Gasteiger charge is -2.07. The summed E-state index contributed by atoms with van der Waals surface area (Å²) in [4.78, 5) is 4.26. The minimum Gasteiger partial charge on any atom is -0.411 e. The Bertz CT molecular complexity index is 710. The van der Waals surface area contributed by atoms with Crippen LogP contribution >= 0.6 is 0 Å². The molecule has 0 aliphatic heterocycles. The van der Waals surface area contributed by atoms with Gasteiger partial charge in [0.05, 0.1) is 16.0 Å². The molecule has 1 aromatic heterocycles. The van der Waals surface area contributed by atoms with Crippen LogP contribution < -0.4 is 0 Å². The summed E-state index contributed by atoms with van der Waals surface area (Å²) < 4.78 is 24.9. The van der Waals surface area contributed by atoms with Crippen LogP contribution in [0.5, 0.6) is 0 Å². The molecule has 0 fully saturated rings. The van der Waals surface area contributed by atoms with E-state index in [2.05, 4.69) is 10.1 Å². The summed E-state index contributed by atoms with van der Waals surface area (Å²) in [5, 5.41) is 11.5. The van der Waals surface area contributed by atoms with Crippen LogP contribution in [0.3, 0.4) is 0 Å². The van der Waals surface area contributed by atoms with Crippen LogP contribution in [0, 0.1) is 6.92 Å². The van der Waals surface area contributed by atoms with E-state index in [1.165, 1.54) is 18.2 Å². The van der Waals surface area contributed by atoms with Crippen molar-refractivity contribution in [2.24, 2.45) is 5.16 Å². The van der Waals surface area contributed by atoms with Gasteiger partial charge in [0.25, 0.3) is 0 Å². The molecule has 0 atom stereocenters. The Labute approximate surface area is 111 Å². The lowest BCUT2D eigenvalue weighted by Crippen LogP contribution is -2.07. The molecule has 19 heavy (non-hydrogen) atoms. The van der Waals surface area contributed by atoms with E-state index in [9.17, 15) is 8.42 Å². The Morgan fingerprint density at radius 3 is 2.47 bits per heavy atom. The smallest absolute Gasteiger partial charge is 0.208 e. The van der Waals surface area contributed by atoms with E-state index < -0.39 is 9.84 Å². The van der Waals surface area contributed by atoms with Gasteiger partial charge in [-0.1, -0.05) is 23.4 Å². The second-order valence-corrected chi connectivity index (χ2v) is 5.82. The van der Waals surface area contributed by atoms with Crippen molar-refractivity contribution in [1.82, 2.24) is 4.98 Å². The van der Waals surface area contributed by atoms with Crippen LogP contribution in [-0.2, 0) is 9.84 Å². The van der Waals surface area contributed by atoms with Crippen LogP contribution in [0.4, 0.5) is 0 Å². The molecule has 0 saturated carbocycles. The van der Waals surface area contributed by atoms with E-state index in [1.54, 1.807) is 31.2 Å². The number of nitrogens with zero attached hydrogens (tertiary/aromatic N) is 2. The maximum Gasteiger partial charge on any atom is 0.208 e. The molecule has 0 radical (unpaired) electrons. The first-order chi connectivity index (χ1) is 9.05. The highest BCUT2D eigenvalue weighted by molar-refractivity contribution is 7.91. The van der Waals surface area contributed by atoms with Crippen LogP contribution in [0.15, 0.2) is 57.4 Å². The maximum absolute atomic E-state index is 12.5. The standard InChI is InChI=1S/C13H12N2O3S/c1-10-7-8-13(12(15-10)9-14-16)19(17,18)11-5-3-2-4-6-11/h2-9,16H,1H3. The van der Waals surface area contributed by atoms with Crippen molar-refractivity contribution < 1.29 is 13.6 Å². The Balaban J connectivity index is 2.65. The largest absolute Gasteiger partial charge is 0.411 e. The molecule has 0 unspecified atom stereocenters. The summed E-state index contributed by atoms with van der Waals surface area (Å²) in [6.45, 7) is 1.73. The summed E-state index contributed by atoms with van der Waals surface area (Å²) in [5.41, 5.74) is 0.758. The molecule has 2 rings (SSSR count). The molecule has 0 aliphatic rings. The average molecular weight is 276 g/mol. The maximum atomic E-state index is 12.5. The van der Waals surface area contributed by atoms with Gasteiger partial charge in [0.2, 0.25) is 9.84 Å². The number of benzene rings is 1. The van der Waals surface area contributed by atoms with Crippen molar-refractivity contribution in [2.45, 2.75) is 16.7 Å². The molecule has 0 saturated heterocycles. The minimum absolute atomic E-state index is 0.0158. The molecule has 1 aromatic carbocycles. The quantitative estimate of drug-likeness (QED) is 0.528. The highest BCUT2D eigenvalue weighted by Crippen LogP contribution is 2.22. The van der Waals surface area contributed by atoms with Crippen LogP contribution in [0.2, 0.25) is 0 Å². The first-order valence-electron chi connectivity index (χ1n) is 5.51. The van der Waals surface area contributed by atoms with Gasteiger partial charge in [-0.05, 0) is 31.2 Å². The van der Waals surface area contributed by atoms with Crippen LogP contribution in [-0.4, -0.2) is 24.8 Å². The van der Waals surface area contributed by atoms with E-state index in [-0.39, 0.29) is 15.5 Å². The Hall–Kier alpha value is -2.21. The number of sulfone groups is 1. The van der Waals surface area contributed by atoms with Crippen molar-refractivity contribution in [3.8, 4) is 0 Å². The molecule has 1 heterocycles. The van der Waals surface area contributed by atoms with Gasteiger partial charge in [-0.25, -0.2) is 8.42 Å². The van der Waals surface area contributed by atoms with Gasteiger partial charge in [0.15, 0.2) is 0 Å². The third-order valence-electron chi connectivity index (χ3n) is 2.55. The third-order valence-corrected chi connectivity index (χ3v) is 4.37. The molecule has 0 aliphatic carbocycles. The first-order valence-corrected chi connectivity index (χ1v) is 6.99. The summed E-state index contributed by atoms with van der Waals surface area (Å²) in [5.74, 6) is 0. The van der Waals surface area contributed by atoms with Gasteiger partial charge < -0.3 is 5.21 Å². The number of oxime groups is 1. The number of aryl methyl sites for hydroxylation is 1. The van der Waals surface area contributed by atoms with Crippen molar-refractivity contribution in [3.63, 3.8) is 0 Å². The molecule has 0 spiro atoms. The number of rotatable bonds is 3. The predicted octanol–water partition coefficient (Wildman–Crippen LogP) is 2.03. The first kappa shape index (κ1) is 13.2. The summed E-state index contributed by atoms with van der Waals surface area (Å²) in [6.07, 6.45) is 1.02. The number of pyridine rings is 1. The fourth-order valence-corrected chi connectivity index (χ4v) is 3.06. The minimum atomic E-state index is -3.67. The van der Waals surface area contributed by atoms with Gasteiger partial charge in [-0.3, -0.25) is 4.98 Å². The zero-order valence-electron chi connectivity index (χ0n) is 10.2. The van der Waals surface area contributed by atoms with Crippen molar-refractivity contribution >= 4 is 16.1 Å². The third kappa shape index (κ3) is 2.63. The predicted molar refractivity (Wildman–Crippen MR) is 70.2 cm³/mol. The molecule has 6 heteroatoms. The highest BCUT2D eigenvalue weighted by atomic mass is 32.2. The second kappa shape index (κ2) is 5.19. The summed E-state index contributed by atoms with van der Waals surface area (Å²) in [6, 6.07) is 11.1. The summed E-state index contributed by atoms with van der Waals surface area (Å²) in [7, 11) is -3.67. The van der Waals surface area contributed by atoms with E-state index in [0.717, 1.165) is 6.21 Å². The monoisotopic (exact) mass is 276 g/mol. The molecular weight excluding hydrogens is 264 g/mol. The van der Waals surface area contributed by atoms with Gasteiger partial charge in [0, 0.05) is 5.69 Å². The number of hydrogen-bond donors (Lipinski definition) is 1. The molecule has 2 aromatic rings.